The van der Waals surface area contributed by atoms with E-state index in [4.69, 9.17) is 9.62 Å². The van der Waals surface area contributed by atoms with E-state index in [0.29, 0.717) is 5.69 Å². The summed E-state index contributed by atoms with van der Waals surface area (Å²) in [6, 6.07) is 3.67. The van der Waals surface area contributed by atoms with E-state index >= 15 is 0 Å². The molecule has 0 spiro atoms. The van der Waals surface area contributed by atoms with E-state index in [9.17, 15) is 24.0 Å². The van der Waals surface area contributed by atoms with E-state index in [2.05, 4.69) is 15.5 Å². The van der Waals surface area contributed by atoms with E-state index in [-0.39, 0.29) is 49.6 Å². The summed E-state index contributed by atoms with van der Waals surface area (Å²) < 4.78 is 4.79. The predicted molar refractivity (Wildman–Crippen MR) is 105 cm³/mol. The lowest BCUT2D eigenvalue weighted by atomic mass is 10.0. The molecule has 11 heteroatoms. The number of piperidine rings is 1. The molecule has 11 nitrogen and oxygen atoms in total. The van der Waals surface area contributed by atoms with Crippen molar-refractivity contribution in [3.8, 4) is 0 Å². The number of fused-ring (bicyclic) bond motifs is 1. The smallest absolute Gasteiger partial charge is 0.432 e. The number of carbonyl (C=O) groups excluding carboxylic acids is 5. The molecular formula is C20H23N3O8. The number of imide groups is 2. The molecule has 1 unspecified atom stereocenters. The highest BCUT2D eigenvalue weighted by Gasteiger charge is 2.45. The molecule has 2 heterocycles. The number of hydrogen-bond acceptors (Lipinski definition) is 9. The molecule has 3 rings (SSSR count). The fraction of sp³-hybridized carbons (Fsp3) is 0.450. The van der Waals surface area contributed by atoms with Gasteiger partial charge in [-0.15, -0.1) is 0 Å². The molecule has 0 aliphatic carbocycles. The Morgan fingerprint density at radius 3 is 2.71 bits per heavy atom. The Balaban J connectivity index is 1.59. The van der Waals surface area contributed by atoms with E-state index in [0.717, 1.165) is 4.90 Å². The molecule has 2 aliphatic rings. The summed E-state index contributed by atoms with van der Waals surface area (Å²) >= 11 is 0. The first-order valence-corrected chi connectivity index (χ1v) is 9.84. The number of amides is 4. The Morgan fingerprint density at radius 2 is 2.00 bits per heavy atom. The molecule has 1 fully saturated rings. The van der Waals surface area contributed by atoms with Crippen LogP contribution in [0.4, 0.5) is 10.5 Å². The minimum Gasteiger partial charge on any atom is -0.432 e. The standard InChI is InChI=1S/C20H23N3O8/c1-11(2)10-29-20(28)31-30-9-8-21-13-5-3-4-12-16(13)19(27)23(18(12)26)14-6-7-15(24)22-17(14)25/h3-5,11,14,21H,6-10H2,1-2H3,(H,22,24,25). The molecule has 2 N–H and O–H groups in total. The summed E-state index contributed by atoms with van der Waals surface area (Å²) in [5.41, 5.74) is 0.667. The highest BCUT2D eigenvalue weighted by Crippen LogP contribution is 2.32. The van der Waals surface area contributed by atoms with Crippen LogP contribution < -0.4 is 10.6 Å². The molecule has 1 atom stereocenters. The quantitative estimate of drug-likeness (QED) is 0.204. The predicted octanol–water partition coefficient (Wildman–Crippen LogP) is 1.24. The first-order chi connectivity index (χ1) is 14.8. The SMILES string of the molecule is CC(C)COC(=O)OOCCNc1cccc2c1C(=O)N(C1CCC(=O)NC1=O)C2=O. The lowest BCUT2D eigenvalue weighted by Gasteiger charge is -2.27. The van der Waals surface area contributed by atoms with Crippen molar-refractivity contribution >= 4 is 35.5 Å². The second-order valence-electron chi connectivity index (χ2n) is 7.46. The van der Waals surface area contributed by atoms with Crippen LogP contribution in [0.25, 0.3) is 0 Å². The molecular weight excluding hydrogens is 410 g/mol. The first-order valence-electron chi connectivity index (χ1n) is 9.84. The Bertz CT molecular complexity index is 914. The van der Waals surface area contributed by atoms with E-state index < -0.39 is 35.8 Å². The van der Waals surface area contributed by atoms with Crippen molar-refractivity contribution in [2.24, 2.45) is 5.92 Å². The van der Waals surface area contributed by atoms with Crippen LogP contribution >= 0.6 is 0 Å². The number of nitrogens with one attached hydrogen (secondary N) is 2. The molecule has 4 amide bonds. The van der Waals surface area contributed by atoms with Gasteiger partial charge in [0.15, 0.2) is 0 Å². The molecule has 0 bridgehead atoms. The number of nitrogens with zero attached hydrogens (tertiary/aromatic N) is 1. The fourth-order valence-corrected chi connectivity index (χ4v) is 3.24. The van der Waals surface area contributed by atoms with Gasteiger partial charge in [0.1, 0.15) is 12.6 Å². The number of carbonyl (C=O) groups is 5. The third-order valence-corrected chi connectivity index (χ3v) is 4.63. The minimum absolute atomic E-state index is 0.0422. The van der Waals surface area contributed by atoms with Crippen LogP contribution in [0.5, 0.6) is 0 Å². The summed E-state index contributed by atoms with van der Waals surface area (Å²) in [5.74, 6) is -2.15. The van der Waals surface area contributed by atoms with E-state index in [1.165, 1.54) is 6.07 Å². The molecule has 1 aromatic carbocycles. The summed E-state index contributed by atoms with van der Waals surface area (Å²) in [6.07, 6.45) is -0.821. The van der Waals surface area contributed by atoms with Crippen molar-refractivity contribution in [1.82, 2.24) is 10.2 Å². The average molecular weight is 433 g/mol. The molecule has 31 heavy (non-hydrogen) atoms. The maximum absolute atomic E-state index is 12.9. The van der Waals surface area contributed by atoms with Gasteiger partial charge in [0.25, 0.3) is 11.8 Å². The molecule has 1 aromatic rings. The zero-order chi connectivity index (χ0) is 22.5. The van der Waals surface area contributed by atoms with Gasteiger partial charge in [0.2, 0.25) is 11.8 Å². The Labute approximate surface area is 177 Å². The molecule has 0 saturated carbocycles. The fourth-order valence-electron chi connectivity index (χ4n) is 3.24. The number of rotatable bonds is 8. The summed E-state index contributed by atoms with van der Waals surface area (Å²) in [7, 11) is 0. The monoisotopic (exact) mass is 433 g/mol. The van der Waals surface area contributed by atoms with Gasteiger partial charge in [0.05, 0.1) is 17.7 Å². The zero-order valence-corrected chi connectivity index (χ0v) is 17.1. The third-order valence-electron chi connectivity index (χ3n) is 4.63. The van der Waals surface area contributed by atoms with Gasteiger partial charge in [-0.2, -0.15) is 4.89 Å². The van der Waals surface area contributed by atoms with Gasteiger partial charge in [-0.25, -0.2) is 4.79 Å². The van der Waals surface area contributed by atoms with Crippen LogP contribution in [-0.2, 0) is 24.1 Å². The number of anilines is 1. The van der Waals surface area contributed by atoms with Gasteiger partial charge in [-0.05, 0) is 24.5 Å². The van der Waals surface area contributed by atoms with Gasteiger partial charge in [-0.3, -0.25) is 34.3 Å². The van der Waals surface area contributed by atoms with Crippen LogP contribution in [0.1, 0.15) is 47.4 Å². The summed E-state index contributed by atoms with van der Waals surface area (Å²) in [4.78, 5) is 70.7. The van der Waals surface area contributed by atoms with Crippen molar-refractivity contribution in [3.05, 3.63) is 29.3 Å². The van der Waals surface area contributed by atoms with Gasteiger partial charge in [0, 0.05) is 18.7 Å². The average Bonchev–Trinajstić information content (AvgIpc) is 2.97. The summed E-state index contributed by atoms with van der Waals surface area (Å²) in [6.45, 7) is 4.08. The van der Waals surface area contributed by atoms with Crippen LogP contribution in [-0.4, -0.2) is 60.5 Å². The molecule has 1 saturated heterocycles. The van der Waals surface area contributed by atoms with Crippen molar-refractivity contribution in [2.75, 3.05) is 25.1 Å². The van der Waals surface area contributed by atoms with Gasteiger partial charge < -0.3 is 10.1 Å². The Hall–Kier alpha value is -3.47. The van der Waals surface area contributed by atoms with Crippen LogP contribution in [0.3, 0.4) is 0 Å². The first kappa shape index (κ1) is 22.2. The lowest BCUT2D eigenvalue weighted by molar-refractivity contribution is -0.252. The van der Waals surface area contributed by atoms with Crippen LogP contribution in [0.15, 0.2) is 18.2 Å². The van der Waals surface area contributed by atoms with Crippen molar-refractivity contribution in [3.63, 3.8) is 0 Å². The van der Waals surface area contributed by atoms with Crippen molar-refractivity contribution < 1.29 is 38.5 Å². The minimum atomic E-state index is -1.04. The van der Waals surface area contributed by atoms with Crippen molar-refractivity contribution in [1.29, 1.82) is 0 Å². The third kappa shape index (κ3) is 5.00. The van der Waals surface area contributed by atoms with E-state index in [1.807, 2.05) is 13.8 Å². The molecule has 0 aromatic heterocycles. The number of ether oxygens (including phenoxy) is 1. The summed E-state index contributed by atoms with van der Waals surface area (Å²) in [5, 5.41) is 5.10. The highest BCUT2D eigenvalue weighted by atomic mass is 17.2. The topological polar surface area (TPSA) is 140 Å². The molecule has 0 radical (unpaired) electrons. The Morgan fingerprint density at radius 1 is 1.23 bits per heavy atom. The second kappa shape index (κ2) is 9.56. The van der Waals surface area contributed by atoms with Crippen LogP contribution in [0.2, 0.25) is 0 Å². The maximum atomic E-state index is 12.9. The number of benzene rings is 1. The highest BCUT2D eigenvalue weighted by molar-refractivity contribution is 6.25. The zero-order valence-electron chi connectivity index (χ0n) is 17.1. The molecule has 2 aliphatic heterocycles. The maximum Gasteiger partial charge on any atom is 0.540 e. The Kier molecular flexibility index (Phi) is 6.85. The molecule has 166 valence electrons. The van der Waals surface area contributed by atoms with Crippen LogP contribution in [0, 0.1) is 5.92 Å². The van der Waals surface area contributed by atoms with Gasteiger partial charge >= 0.3 is 6.16 Å². The van der Waals surface area contributed by atoms with Crippen molar-refractivity contribution in [2.45, 2.75) is 32.7 Å². The lowest BCUT2D eigenvalue weighted by Crippen LogP contribution is -2.54. The largest absolute Gasteiger partial charge is 0.540 e. The van der Waals surface area contributed by atoms with E-state index in [1.54, 1.807) is 12.1 Å². The van der Waals surface area contributed by atoms with Gasteiger partial charge in [-0.1, -0.05) is 19.9 Å². The second-order valence-corrected chi connectivity index (χ2v) is 7.46. The number of hydrogen-bond donors (Lipinski definition) is 2. The normalized spacial score (nSPS) is 18.2.